The van der Waals surface area contributed by atoms with Crippen molar-refractivity contribution >= 4 is 11.8 Å². The highest BCUT2D eigenvalue weighted by molar-refractivity contribution is 5.89. The van der Waals surface area contributed by atoms with Crippen LogP contribution in [0.2, 0.25) is 0 Å². The number of hydrogen-bond acceptors (Lipinski definition) is 4. The number of urea groups is 1. The first-order valence-corrected chi connectivity index (χ1v) is 8.16. The highest BCUT2D eigenvalue weighted by atomic mass is 16.5. The Kier molecular flexibility index (Phi) is 3.53. The summed E-state index contributed by atoms with van der Waals surface area (Å²) in [6.07, 6.45) is 3.40. The van der Waals surface area contributed by atoms with Crippen LogP contribution in [0.25, 0.3) is 5.82 Å². The molecule has 2 aliphatic heterocycles. The molecule has 7 heteroatoms. The molecule has 24 heavy (non-hydrogen) atoms. The SMILES string of the molecule is Cc1ccnc(-n2nccc2NC(=O)N2CC3COCC3(C)C2)c1. The lowest BCUT2D eigenvalue weighted by Gasteiger charge is -2.22. The van der Waals surface area contributed by atoms with Gasteiger partial charge in [0.1, 0.15) is 5.82 Å². The van der Waals surface area contributed by atoms with Crippen molar-refractivity contribution in [3.63, 3.8) is 0 Å². The van der Waals surface area contributed by atoms with Crippen molar-refractivity contribution in [2.45, 2.75) is 13.8 Å². The second kappa shape index (κ2) is 5.59. The zero-order valence-electron chi connectivity index (χ0n) is 13.9. The van der Waals surface area contributed by atoms with Crippen molar-refractivity contribution in [3.8, 4) is 5.82 Å². The van der Waals surface area contributed by atoms with Gasteiger partial charge in [-0.2, -0.15) is 9.78 Å². The summed E-state index contributed by atoms with van der Waals surface area (Å²) in [5.74, 6) is 1.73. The quantitative estimate of drug-likeness (QED) is 0.916. The lowest BCUT2D eigenvalue weighted by atomic mass is 9.83. The van der Waals surface area contributed by atoms with E-state index in [1.165, 1.54) is 0 Å². The standard InChI is InChI=1S/C17H21N5O2/c1-12-3-5-18-15(7-12)22-14(4-6-19-22)20-16(23)21-8-13-9-24-11-17(13,2)10-21/h3-7,13H,8-11H2,1-2H3,(H,20,23). The third-order valence-electron chi connectivity index (χ3n) is 5.01. The summed E-state index contributed by atoms with van der Waals surface area (Å²) in [5.41, 5.74) is 1.17. The molecule has 0 aromatic carbocycles. The minimum absolute atomic E-state index is 0.0790. The van der Waals surface area contributed by atoms with Crippen LogP contribution in [0.5, 0.6) is 0 Å². The number of likely N-dealkylation sites (tertiary alicyclic amines) is 1. The Morgan fingerprint density at radius 3 is 3.08 bits per heavy atom. The Morgan fingerprint density at radius 2 is 2.29 bits per heavy atom. The number of hydrogen-bond donors (Lipinski definition) is 1. The summed E-state index contributed by atoms with van der Waals surface area (Å²) in [7, 11) is 0. The summed E-state index contributed by atoms with van der Waals surface area (Å²) >= 11 is 0. The normalized spacial score (nSPS) is 25.8. The highest BCUT2D eigenvalue weighted by Gasteiger charge is 2.48. The third-order valence-corrected chi connectivity index (χ3v) is 5.01. The van der Waals surface area contributed by atoms with E-state index in [-0.39, 0.29) is 11.4 Å². The minimum atomic E-state index is -0.0972. The lowest BCUT2D eigenvalue weighted by Crippen LogP contribution is -2.36. The second-order valence-electron chi connectivity index (χ2n) is 7.00. The van der Waals surface area contributed by atoms with Crippen molar-refractivity contribution in [3.05, 3.63) is 36.2 Å². The topological polar surface area (TPSA) is 72.3 Å². The number of fused-ring (bicyclic) bond motifs is 1. The predicted octanol–water partition coefficient (Wildman–Crippen LogP) is 2.08. The van der Waals surface area contributed by atoms with Crippen LogP contribution in [0.4, 0.5) is 10.6 Å². The first kappa shape index (κ1) is 15.1. The van der Waals surface area contributed by atoms with Crippen LogP contribution in [-0.4, -0.2) is 52.0 Å². The van der Waals surface area contributed by atoms with E-state index in [1.54, 1.807) is 23.1 Å². The Morgan fingerprint density at radius 1 is 1.42 bits per heavy atom. The first-order valence-electron chi connectivity index (χ1n) is 8.16. The van der Waals surface area contributed by atoms with Crippen molar-refractivity contribution in [1.82, 2.24) is 19.7 Å². The number of carbonyl (C=O) groups excluding carboxylic acids is 1. The molecule has 2 aromatic rings. The fourth-order valence-electron chi connectivity index (χ4n) is 3.53. The van der Waals surface area contributed by atoms with Gasteiger partial charge < -0.3 is 9.64 Å². The number of ether oxygens (including phenoxy) is 1. The van der Waals surface area contributed by atoms with E-state index in [9.17, 15) is 4.79 Å². The summed E-state index contributed by atoms with van der Waals surface area (Å²) in [5, 5.41) is 7.24. The van der Waals surface area contributed by atoms with E-state index in [1.807, 2.05) is 24.0 Å². The van der Waals surface area contributed by atoms with Gasteiger partial charge in [0.25, 0.3) is 0 Å². The molecule has 2 aromatic heterocycles. The molecule has 7 nitrogen and oxygen atoms in total. The van der Waals surface area contributed by atoms with Crippen LogP contribution in [-0.2, 0) is 4.74 Å². The number of aromatic nitrogens is 3. The fourth-order valence-corrected chi connectivity index (χ4v) is 3.53. The molecule has 0 saturated carbocycles. The molecule has 0 aliphatic carbocycles. The molecule has 2 unspecified atom stereocenters. The van der Waals surface area contributed by atoms with Gasteiger partial charge in [0.2, 0.25) is 0 Å². The highest BCUT2D eigenvalue weighted by Crippen LogP contribution is 2.40. The Bertz CT molecular complexity index is 774. The largest absolute Gasteiger partial charge is 0.380 e. The van der Waals surface area contributed by atoms with Gasteiger partial charge in [-0.15, -0.1) is 0 Å². The predicted molar refractivity (Wildman–Crippen MR) is 89.1 cm³/mol. The number of rotatable bonds is 2. The first-order chi connectivity index (χ1) is 11.5. The van der Waals surface area contributed by atoms with Crippen molar-refractivity contribution in [2.24, 2.45) is 11.3 Å². The molecule has 2 atom stereocenters. The van der Waals surface area contributed by atoms with Gasteiger partial charge in [-0.25, -0.2) is 9.78 Å². The maximum Gasteiger partial charge on any atom is 0.323 e. The number of anilines is 1. The number of carbonyl (C=O) groups is 1. The molecule has 0 bridgehead atoms. The minimum Gasteiger partial charge on any atom is -0.380 e. The van der Waals surface area contributed by atoms with Crippen LogP contribution in [0.15, 0.2) is 30.6 Å². The van der Waals surface area contributed by atoms with Crippen LogP contribution < -0.4 is 5.32 Å². The van der Waals surface area contributed by atoms with E-state index in [0.717, 1.165) is 31.9 Å². The van der Waals surface area contributed by atoms with Crippen molar-refractivity contribution in [1.29, 1.82) is 0 Å². The van der Waals surface area contributed by atoms with Gasteiger partial charge in [-0.1, -0.05) is 6.92 Å². The molecule has 0 spiro atoms. The molecule has 126 valence electrons. The van der Waals surface area contributed by atoms with E-state index in [4.69, 9.17) is 4.74 Å². The molecular weight excluding hydrogens is 306 g/mol. The monoisotopic (exact) mass is 327 g/mol. The summed E-state index contributed by atoms with van der Waals surface area (Å²) in [6, 6.07) is 5.54. The number of nitrogens with one attached hydrogen (secondary N) is 1. The molecule has 0 radical (unpaired) electrons. The zero-order valence-corrected chi connectivity index (χ0v) is 13.9. The number of amides is 2. The maximum absolute atomic E-state index is 12.6. The smallest absolute Gasteiger partial charge is 0.323 e. The van der Waals surface area contributed by atoms with Crippen LogP contribution >= 0.6 is 0 Å². The molecule has 2 saturated heterocycles. The average molecular weight is 327 g/mol. The van der Waals surface area contributed by atoms with E-state index in [2.05, 4.69) is 22.3 Å². The van der Waals surface area contributed by atoms with Gasteiger partial charge in [0.05, 0.1) is 19.4 Å². The maximum atomic E-state index is 12.6. The number of nitrogens with zero attached hydrogens (tertiary/aromatic N) is 4. The van der Waals surface area contributed by atoms with Gasteiger partial charge in [0.15, 0.2) is 5.82 Å². The van der Waals surface area contributed by atoms with Gasteiger partial charge in [-0.3, -0.25) is 5.32 Å². The average Bonchev–Trinajstić information content (AvgIpc) is 3.20. The second-order valence-corrected chi connectivity index (χ2v) is 7.00. The van der Waals surface area contributed by atoms with Gasteiger partial charge in [-0.05, 0) is 24.6 Å². The zero-order chi connectivity index (χ0) is 16.7. The van der Waals surface area contributed by atoms with Crippen LogP contribution in [0, 0.1) is 18.3 Å². The fraction of sp³-hybridized carbons (Fsp3) is 0.471. The molecule has 2 aliphatic rings. The molecular formula is C17H21N5O2. The molecule has 4 rings (SSSR count). The Labute approximate surface area is 140 Å². The number of aryl methyl sites for hydroxylation is 1. The summed E-state index contributed by atoms with van der Waals surface area (Å²) < 4.78 is 7.20. The van der Waals surface area contributed by atoms with E-state index < -0.39 is 0 Å². The van der Waals surface area contributed by atoms with Crippen LogP contribution in [0.1, 0.15) is 12.5 Å². The van der Waals surface area contributed by atoms with Gasteiger partial charge in [0, 0.05) is 36.7 Å². The van der Waals surface area contributed by atoms with Gasteiger partial charge >= 0.3 is 6.03 Å². The van der Waals surface area contributed by atoms with E-state index in [0.29, 0.717) is 17.6 Å². The summed E-state index contributed by atoms with van der Waals surface area (Å²) in [4.78, 5) is 18.8. The van der Waals surface area contributed by atoms with Crippen molar-refractivity contribution in [2.75, 3.05) is 31.6 Å². The van der Waals surface area contributed by atoms with Crippen LogP contribution in [0.3, 0.4) is 0 Å². The van der Waals surface area contributed by atoms with Crippen molar-refractivity contribution < 1.29 is 9.53 Å². The number of pyridine rings is 1. The van der Waals surface area contributed by atoms with E-state index >= 15 is 0 Å². The Balaban J connectivity index is 1.51. The molecule has 2 amide bonds. The lowest BCUT2D eigenvalue weighted by molar-refractivity contribution is 0.140. The third kappa shape index (κ3) is 2.54. The molecule has 4 heterocycles. The molecule has 1 N–H and O–H groups in total. The Hall–Kier alpha value is -2.41. The summed E-state index contributed by atoms with van der Waals surface area (Å²) in [6.45, 7) is 7.12. The molecule has 2 fully saturated rings.